The first kappa shape index (κ1) is 20.9. The number of carbonyl (C=O) groups is 1. The number of H-pyrrole nitrogens is 1. The van der Waals surface area contributed by atoms with Gasteiger partial charge in [0.15, 0.2) is 5.58 Å². The van der Waals surface area contributed by atoms with E-state index >= 15 is 0 Å². The van der Waals surface area contributed by atoms with Crippen LogP contribution in [0.25, 0.3) is 22.2 Å². The number of rotatable bonds is 5. The van der Waals surface area contributed by atoms with Crippen molar-refractivity contribution in [1.29, 1.82) is 5.26 Å². The molecule has 0 radical (unpaired) electrons. The van der Waals surface area contributed by atoms with Crippen molar-refractivity contribution in [3.05, 3.63) is 84.8 Å². The molecule has 4 rings (SSSR count). The molecule has 32 heavy (non-hydrogen) atoms. The number of aromatic amines is 1. The number of anilines is 1. The van der Waals surface area contributed by atoms with Gasteiger partial charge in [-0.1, -0.05) is 12.1 Å². The van der Waals surface area contributed by atoms with Crippen LogP contribution in [0.4, 0.5) is 5.69 Å². The Kier molecular flexibility index (Phi) is 5.24. The second kappa shape index (κ2) is 8.04. The fourth-order valence-electron chi connectivity index (χ4n) is 3.83. The number of carboxylic acids is 1. The van der Waals surface area contributed by atoms with E-state index in [-0.39, 0.29) is 27.5 Å². The second-order valence-corrected chi connectivity index (χ2v) is 7.19. The van der Waals surface area contributed by atoms with Gasteiger partial charge in [0.25, 0.3) is 5.43 Å². The number of fused-ring (bicyclic) bond motifs is 1. The lowest BCUT2D eigenvalue weighted by molar-refractivity contribution is 0.0695. The van der Waals surface area contributed by atoms with Crippen molar-refractivity contribution in [1.82, 2.24) is 4.98 Å². The molecule has 1 aliphatic heterocycles. The first-order valence-corrected chi connectivity index (χ1v) is 10.0. The number of hydrogen-bond acceptors (Lipinski definition) is 6. The van der Waals surface area contributed by atoms with Gasteiger partial charge in [0.05, 0.1) is 28.3 Å². The monoisotopic (exact) mass is 429 g/mol. The predicted molar refractivity (Wildman–Crippen MR) is 119 cm³/mol. The average molecular weight is 429 g/mol. The number of nitriles is 1. The van der Waals surface area contributed by atoms with Crippen LogP contribution >= 0.6 is 0 Å². The fraction of sp³-hybridized carbons (Fsp3) is 0.167. The smallest absolute Gasteiger partial charge is 0.338 e. The van der Waals surface area contributed by atoms with E-state index in [0.29, 0.717) is 16.7 Å². The van der Waals surface area contributed by atoms with Crippen LogP contribution in [-0.2, 0) is 0 Å². The van der Waals surface area contributed by atoms with Crippen molar-refractivity contribution < 1.29 is 14.3 Å². The third kappa shape index (κ3) is 3.30. The lowest BCUT2D eigenvalue weighted by Gasteiger charge is -2.21. The number of nitrogens with zero attached hydrogens (tertiary/aromatic N) is 2. The second-order valence-electron chi connectivity index (χ2n) is 7.19. The molecule has 8 heteroatoms. The van der Waals surface area contributed by atoms with E-state index in [9.17, 15) is 19.5 Å². The number of hydrogen-bond donors (Lipinski definition) is 2. The molecule has 2 aliphatic rings. The largest absolute Gasteiger partial charge is 0.478 e. The molecule has 1 aliphatic carbocycles. The third-order valence-electron chi connectivity index (χ3n) is 5.45. The molecule has 1 heterocycles. The van der Waals surface area contributed by atoms with Gasteiger partial charge in [0.1, 0.15) is 5.35 Å². The molecule has 0 fully saturated rings. The molecule has 160 valence electrons. The van der Waals surface area contributed by atoms with E-state index in [1.165, 1.54) is 24.3 Å². The first-order valence-electron chi connectivity index (χ1n) is 10.0. The molecule has 0 atom stereocenters. The van der Waals surface area contributed by atoms with Crippen molar-refractivity contribution in [2.24, 2.45) is 0 Å². The summed E-state index contributed by atoms with van der Waals surface area (Å²) in [5, 5.41) is 18.9. The summed E-state index contributed by atoms with van der Waals surface area (Å²) >= 11 is 0. The molecule has 8 nitrogen and oxygen atoms in total. The summed E-state index contributed by atoms with van der Waals surface area (Å²) in [7, 11) is 0. The van der Waals surface area contributed by atoms with Crippen LogP contribution < -0.4 is 15.8 Å². The number of carboxylic acid groups (broad SMARTS) is 1. The normalized spacial score (nSPS) is 10.9. The molecule has 2 aromatic carbocycles. The molecule has 2 N–H and O–H groups in total. The van der Waals surface area contributed by atoms with Gasteiger partial charge < -0.3 is 19.4 Å². The van der Waals surface area contributed by atoms with Crippen LogP contribution in [0.5, 0.6) is 0 Å². The molecule has 0 bridgehead atoms. The summed E-state index contributed by atoms with van der Waals surface area (Å²) < 4.78 is 5.78. The van der Waals surface area contributed by atoms with Crippen LogP contribution in [0, 0.1) is 22.1 Å². The predicted octanol–water partition coefficient (Wildman–Crippen LogP) is 3.29. The van der Waals surface area contributed by atoms with E-state index in [1.807, 2.05) is 26.0 Å². The molecule has 0 saturated carbocycles. The maximum Gasteiger partial charge on any atom is 0.338 e. The highest BCUT2D eigenvalue weighted by atomic mass is 16.4. The number of aromatic carboxylic acids is 1. The van der Waals surface area contributed by atoms with Crippen LogP contribution in [0.1, 0.15) is 29.8 Å². The lowest BCUT2D eigenvalue weighted by Crippen LogP contribution is -2.30. The van der Waals surface area contributed by atoms with Crippen molar-refractivity contribution in [3.8, 4) is 17.2 Å². The zero-order valence-electron chi connectivity index (χ0n) is 17.4. The summed E-state index contributed by atoms with van der Waals surface area (Å²) in [5.74, 6) is -1.38. The van der Waals surface area contributed by atoms with Crippen LogP contribution in [0.3, 0.4) is 0 Å². The standard InChI is InChI=1S/C24H19N3O5/c1-3-27(4-2)15-9-10-16-17(11-15)32-23-20(26-16)19(24(30)31)18(21(28)22(23)29)14-7-5-13(12-25)6-8-14/h5-11,26H,3-4H2,1-2H3,(H,30,31). The summed E-state index contributed by atoms with van der Waals surface area (Å²) in [4.78, 5) is 43.1. The zero-order valence-corrected chi connectivity index (χ0v) is 17.4. The van der Waals surface area contributed by atoms with E-state index in [0.717, 1.165) is 18.8 Å². The highest BCUT2D eigenvalue weighted by molar-refractivity contribution is 5.96. The molecule has 0 amide bonds. The minimum atomic E-state index is -1.38. The van der Waals surface area contributed by atoms with Crippen molar-refractivity contribution in [2.45, 2.75) is 13.8 Å². The van der Waals surface area contributed by atoms with Gasteiger partial charge in [-0.2, -0.15) is 5.26 Å². The van der Waals surface area contributed by atoms with E-state index in [4.69, 9.17) is 9.68 Å². The maximum atomic E-state index is 12.9. The first-order chi connectivity index (χ1) is 15.4. The summed E-state index contributed by atoms with van der Waals surface area (Å²) in [6.07, 6.45) is 0. The summed E-state index contributed by atoms with van der Waals surface area (Å²) in [6, 6.07) is 13.1. The van der Waals surface area contributed by atoms with E-state index in [1.54, 1.807) is 12.1 Å². The Labute approximate surface area is 181 Å². The van der Waals surface area contributed by atoms with Crippen molar-refractivity contribution in [3.63, 3.8) is 0 Å². The Balaban J connectivity index is 2.11. The van der Waals surface area contributed by atoms with E-state index in [2.05, 4.69) is 9.88 Å². The topological polar surface area (TPSA) is 127 Å². The van der Waals surface area contributed by atoms with Crippen molar-refractivity contribution in [2.75, 3.05) is 18.0 Å². The highest BCUT2D eigenvalue weighted by Crippen LogP contribution is 2.25. The van der Waals surface area contributed by atoms with Crippen LogP contribution in [0.2, 0.25) is 0 Å². The molecular weight excluding hydrogens is 410 g/mol. The Bertz CT molecular complexity index is 1570. The van der Waals surface area contributed by atoms with Gasteiger partial charge in [0, 0.05) is 24.8 Å². The molecule has 0 spiro atoms. The molecule has 0 unspecified atom stereocenters. The van der Waals surface area contributed by atoms with Gasteiger partial charge >= 0.3 is 5.97 Å². The van der Waals surface area contributed by atoms with Gasteiger partial charge in [-0.15, -0.1) is 0 Å². The summed E-state index contributed by atoms with van der Waals surface area (Å²) in [6.45, 7) is 5.57. The van der Waals surface area contributed by atoms with Gasteiger partial charge in [-0.25, -0.2) is 4.79 Å². The SMILES string of the molecule is CCN(CC)c1ccc2[nH]c3c(C(=O)O)c(-c4ccc(C#N)cc4)c(=O)c(=O)c=3oc2c1. The Hall–Kier alpha value is -4.38. The van der Waals surface area contributed by atoms with E-state index < -0.39 is 16.8 Å². The molecule has 0 saturated heterocycles. The highest BCUT2D eigenvalue weighted by Gasteiger charge is 2.23. The van der Waals surface area contributed by atoms with Crippen LogP contribution in [-0.4, -0.2) is 29.1 Å². The zero-order chi connectivity index (χ0) is 23.0. The fourth-order valence-corrected chi connectivity index (χ4v) is 3.83. The minimum Gasteiger partial charge on any atom is -0.478 e. The summed E-state index contributed by atoms with van der Waals surface area (Å²) in [5.41, 5.74) is -0.575. The molecule has 2 aromatic rings. The Morgan fingerprint density at radius 3 is 2.38 bits per heavy atom. The lowest BCUT2D eigenvalue weighted by atomic mass is 9.97. The van der Waals surface area contributed by atoms with Gasteiger partial charge in [-0.3, -0.25) is 9.59 Å². The molecule has 0 aromatic heterocycles. The maximum absolute atomic E-state index is 12.9. The van der Waals surface area contributed by atoms with Gasteiger partial charge in [-0.05, 0) is 43.7 Å². The van der Waals surface area contributed by atoms with Crippen LogP contribution in [0.15, 0.2) is 56.5 Å². The Morgan fingerprint density at radius 2 is 1.78 bits per heavy atom. The Morgan fingerprint density at radius 1 is 1.09 bits per heavy atom. The molecular formula is C24H19N3O5. The van der Waals surface area contributed by atoms with Gasteiger partial charge in [0.2, 0.25) is 10.8 Å². The number of aromatic nitrogens is 1. The average Bonchev–Trinajstić information content (AvgIpc) is 2.81. The number of benzene rings is 2. The third-order valence-corrected chi connectivity index (χ3v) is 5.45. The van der Waals surface area contributed by atoms with Crippen molar-refractivity contribution >= 4 is 22.8 Å². The quantitative estimate of drug-likeness (QED) is 0.466. The number of nitrogens with one attached hydrogen (secondary N) is 1. The minimum absolute atomic E-state index is 0.0652.